The van der Waals surface area contributed by atoms with Gasteiger partial charge in [-0.1, -0.05) is 47.7 Å². The highest BCUT2D eigenvalue weighted by Crippen LogP contribution is 2.22. The lowest BCUT2D eigenvalue weighted by Crippen LogP contribution is -2.13. The molecule has 0 N–H and O–H groups in total. The molecule has 0 aliphatic carbocycles. The van der Waals surface area contributed by atoms with Gasteiger partial charge in [-0.3, -0.25) is 4.79 Å². The number of nitrogens with zero attached hydrogens (tertiary/aromatic N) is 2. The maximum absolute atomic E-state index is 12.8. The van der Waals surface area contributed by atoms with Gasteiger partial charge in [0.1, 0.15) is 0 Å². The van der Waals surface area contributed by atoms with Crippen LogP contribution in [0.3, 0.4) is 0 Å². The fourth-order valence-electron chi connectivity index (χ4n) is 3.04. The molecule has 0 fully saturated rings. The van der Waals surface area contributed by atoms with E-state index in [-0.39, 0.29) is 5.91 Å². The predicted octanol–water partition coefficient (Wildman–Crippen LogP) is 4.75. The van der Waals surface area contributed by atoms with Gasteiger partial charge in [0.25, 0.3) is 5.91 Å². The topological polar surface area (TPSA) is 34.4 Å². The Balaban J connectivity index is 1.89. The van der Waals surface area contributed by atoms with Crippen LogP contribution in [0.15, 0.2) is 59.6 Å². The third-order valence-corrected chi connectivity index (χ3v) is 5.74. The van der Waals surface area contributed by atoms with Gasteiger partial charge in [0, 0.05) is 12.6 Å². The van der Waals surface area contributed by atoms with E-state index < -0.39 is 0 Å². The quantitative estimate of drug-likeness (QED) is 0.490. The van der Waals surface area contributed by atoms with E-state index in [1.807, 2.05) is 54.1 Å². The van der Waals surface area contributed by atoms with Crippen molar-refractivity contribution >= 4 is 38.2 Å². The Morgan fingerprint density at radius 1 is 1.00 bits per heavy atom. The van der Waals surface area contributed by atoms with Gasteiger partial charge < -0.3 is 4.57 Å². The minimum Gasteiger partial charge on any atom is -0.319 e. The first kappa shape index (κ1) is 15.8. The van der Waals surface area contributed by atoms with Crippen molar-refractivity contribution in [3.05, 3.63) is 76.1 Å². The van der Waals surface area contributed by atoms with Crippen LogP contribution in [0.1, 0.15) is 21.5 Å². The van der Waals surface area contributed by atoms with Crippen molar-refractivity contribution in [3.8, 4) is 0 Å². The van der Waals surface area contributed by atoms with E-state index in [2.05, 4.69) is 31.0 Å². The zero-order valence-electron chi connectivity index (χ0n) is 14.4. The number of aromatic nitrogens is 1. The highest BCUT2D eigenvalue weighted by molar-refractivity contribution is 7.16. The molecule has 3 aromatic carbocycles. The molecule has 0 saturated heterocycles. The SMILES string of the molecule is Cc1cc2sc(=NC(=O)c3cccc4ccccc34)n(C)c2cc1C. The first-order chi connectivity index (χ1) is 12.0. The average molecular weight is 346 g/mol. The van der Waals surface area contributed by atoms with E-state index in [0.717, 1.165) is 25.8 Å². The van der Waals surface area contributed by atoms with Crippen LogP contribution in [-0.2, 0) is 7.05 Å². The number of carbonyl (C=O) groups is 1. The fraction of sp³-hybridized carbons (Fsp3) is 0.143. The molecule has 124 valence electrons. The second kappa shape index (κ2) is 5.97. The Labute approximate surface area is 149 Å². The van der Waals surface area contributed by atoms with Gasteiger partial charge in [-0.25, -0.2) is 0 Å². The Morgan fingerprint density at radius 3 is 2.56 bits per heavy atom. The van der Waals surface area contributed by atoms with Crippen molar-refractivity contribution in [2.45, 2.75) is 13.8 Å². The number of rotatable bonds is 1. The van der Waals surface area contributed by atoms with Gasteiger partial charge >= 0.3 is 0 Å². The molecular formula is C21H18N2OS. The lowest BCUT2D eigenvalue weighted by atomic mass is 10.0. The maximum Gasteiger partial charge on any atom is 0.280 e. The van der Waals surface area contributed by atoms with E-state index >= 15 is 0 Å². The number of benzene rings is 3. The van der Waals surface area contributed by atoms with Crippen molar-refractivity contribution in [1.82, 2.24) is 4.57 Å². The van der Waals surface area contributed by atoms with Crippen molar-refractivity contribution in [1.29, 1.82) is 0 Å². The molecule has 1 heterocycles. The number of hydrogen-bond acceptors (Lipinski definition) is 2. The van der Waals surface area contributed by atoms with Crippen LogP contribution in [0.2, 0.25) is 0 Å². The summed E-state index contributed by atoms with van der Waals surface area (Å²) in [5.74, 6) is -0.201. The molecule has 4 aromatic rings. The second-order valence-corrected chi connectivity index (χ2v) is 7.30. The normalized spacial score (nSPS) is 12.2. The maximum atomic E-state index is 12.8. The molecule has 4 rings (SSSR count). The Bertz CT molecular complexity index is 1190. The van der Waals surface area contributed by atoms with Gasteiger partial charge in [0.2, 0.25) is 0 Å². The first-order valence-electron chi connectivity index (χ1n) is 8.18. The molecule has 0 aliphatic rings. The summed E-state index contributed by atoms with van der Waals surface area (Å²) in [6.07, 6.45) is 0. The van der Waals surface area contributed by atoms with Gasteiger partial charge in [-0.05, 0) is 53.9 Å². The highest BCUT2D eigenvalue weighted by Gasteiger charge is 2.11. The van der Waals surface area contributed by atoms with E-state index in [1.165, 1.54) is 11.1 Å². The molecule has 0 bridgehead atoms. The van der Waals surface area contributed by atoms with Crippen LogP contribution < -0.4 is 4.80 Å². The molecular weight excluding hydrogens is 328 g/mol. The van der Waals surface area contributed by atoms with Crippen LogP contribution in [0.4, 0.5) is 0 Å². The average Bonchev–Trinajstić information content (AvgIpc) is 2.90. The minimum absolute atomic E-state index is 0.201. The summed E-state index contributed by atoms with van der Waals surface area (Å²) < 4.78 is 3.14. The number of hydrogen-bond donors (Lipinski definition) is 0. The van der Waals surface area contributed by atoms with E-state index in [1.54, 1.807) is 11.3 Å². The van der Waals surface area contributed by atoms with Crippen LogP contribution in [-0.4, -0.2) is 10.5 Å². The number of fused-ring (bicyclic) bond motifs is 2. The smallest absolute Gasteiger partial charge is 0.280 e. The van der Waals surface area contributed by atoms with E-state index in [4.69, 9.17) is 0 Å². The molecule has 0 unspecified atom stereocenters. The molecule has 0 saturated carbocycles. The monoisotopic (exact) mass is 346 g/mol. The van der Waals surface area contributed by atoms with Gasteiger partial charge in [-0.2, -0.15) is 4.99 Å². The molecule has 0 radical (unpaired) electrons. The largest absolute Gasteiger partial charge is 0.319 e. The standard InChI is InChI=1S/C21H18N2OS/c1-13-11-18-19(12-14(13)2)25-21(23(18)3)22-20(24)17-10-6-8-15-7-4-5-9-16(15)17/h4-12H,1-3H3. The summed E-state index contributed by atoms with van der Waals surface area (Å²) in [7, 11) is 1.96. The van der Waals surface area contributed by atoms with Crippen molar-refractivity contribution < 1.29 is 4.79 Å². The molecule has 25 heavy (non-hydrogen) atoms. The summed E-state index contributed by atoms with van der Waals surface area (Å²) >= 11 is 1.55. The molecule has 0 aliphatic heterocycles. The highest BCUT2D eigenvalue weighted by atomic mass is 32.1. The van der Waals surface area contributed by atoms with Crippen LogP contribution in [0.5, 0.6) is 0 Å². The lowest BCUT2D eigenvalue weighted by Gasteiger charge is -2.02. The number of aryl methyl sites for hydroxylation is 3. The summed E-state index contributed by atoms with van der Waals surface area (Å²) in [4.78, 5) is 18.0. The minimum atomic E-state index is -0.201. The van der Waals surface area contributed by atoms with Crippen LogP contribution >= 0.6 is 11.3 Å². The number of carbonyl (C=O) groups excluding carboxylic acids is 1. The zero-order chi connectivity index (χ0) is 17.6. The predicted molar refractivity (Wildman–Crippen MR) is 104 cm³/mol. The van der Waals surface area contributed by atoms with E-state index in [0.29, 0.717) is 5.56 Å². The molecule has 4 heteroatoms. The fourth-order valence-corrected chi connectivity index (χ4v) is 4.14. The molecule has 0 spiro atoms. The van der Waals surface area contributed by atoms with Gasteiger partial charge in [0.15, 0.2) is 4.80 Å². The number of amides is 1. The second-order valence-electron chi connectivity index (χ2n) is 6.29. The molecule has 0 atom stereocenters. The summed E-state index contributed by atoms with van der Waals surface area (Å²) in [6.45, 7) is 4.21. The number of thiazole rings is 1. The van der Waals surface area contributed by atoms with Crippen molar-refractivity contribution in [3.63, 3.8) is 0 Å². The molecule has 1 aromatic heterocycles. The lowest BCUT2D eigenvalue weighted by molar-refractivity contribution is 0.0999. The summed E-state index contributed by atoms with van der Waals surface area (Å²) in [6, 6.07) is 18.0. The molecule has 1 amide bonds. The van der Waals surface area contributed by atoms with Crippen molar-refractivity contribution in [2.24, 2.45) is 12.0 Å². The summed E-state index contributed by atoms with van der Waals surface area (Å²) in [5.41, 5.74) is 4.24. The van der Waals surface area contributed by atoms with Crippen molar-refractivity contribution in [2.75, 3.05) is 0 Å². The van der Waals surface area contributed by atoms with Gasteiger partial charge in [0.05, 0.1) is 10.2 Å². The third-order valence-electron chi connectivity index (χ3n) is 4.64. The van der Waals surface area contributed by atoms with Crippen LogP contribution in [0.25, 0.3) is 21.0 Å². The Kier molecular flexibility index (Phi) is 3.77. The summed E-state index contributed by atoms with van der Waals surface area (Å²) in [5, 5.41) is 1.99. The van der Waals surface area contributed by atoms with E-state index in [9.17, 15) is 4.79 Å². The first-order valence-corrected chi connectivity index (χ1v) is 9.00. The van der Waals surface area contributed by atoms with Crippen LogP contribution in [0, 0.1) is 13.8 Å². The zero-order valence-corrected chi connectivity index (χ0v) is 15.2. The third kappa shape index (κ3) is 2.68. The Morgan fingerprint density at radius 2 is 1.72 bits per heavy atom. The molecule has 3 nitrogen and oxygen atoms in total. The Hall–Kier alpha value is -2.72. The van der Waals surface area contributed by atoms with Gasteiger partial charge in [-0.15, -0.1) is 0 Å².